The molecule has 0 aromatic carbocycles. The first kappa shape index (κ1) is 17.6. The molecule has 2 aliphatic heterocycles. The number of fused-ring (bicyclic) bond motifs is 5. The molecule has 2 fully saturated rings. The summed E-state index contributed by atoms with van der Waals surface area (Å²) in [6.45, 7) is 3.97. The van der Waals surface area contributed by atoms with E-state index in [1.807, 2.05) is 18.3 Å². The molecule has 3 N–H and O–H groups in total. The summed E-state index contributed by atoms with van der Waals surface area (Å²) >= 11 is 0. The molecule has 0 radical (unpaired) electrons. The zero-order chi connectivity index (χ0) is 20.1. The first-order valence-electron chi connectivity index (χ1n) is 10.6. The lowest BCUT2D eigenvalue weighted by atomic mass is 10.1. The Hall–Kier alpha value is -3.20. The first-order valence-corrected chi connectivity index (χ1v) is 10.6. The topological polar surface area (TPSA) is 100 Å². The third-order valence-corrected chi connectivity index (χ3v) is 6.41. The molecule has 0 bridgehead atoms. The Bertz CT molecular complexity index is 1100. The van der Waals surface area contributed by atoms with Crippen LogP contribution < -0.4 is 20.9 Å². The van der Waals surface area contributed by atoms with Crippen molar-refractivity contribution >= 4 is 34.4 Å². The average molecular weight is 404 g/mol. The lowest BCUT2D eigenvalue weighted by molar-refractivity contribution is 0.0891. The van der Waals surface area contributed by atoms with Gasteiger partial charge in [-0.1, -0.05) is 0 Å². The van der Waals surface area contributed by atoms with Crippen LogP contribution in [0.25, 0.3) is 11.0 Å². The molecular formula is C21H24N8O. The number of piperazine rings is 1. The van der Waals surface area contributed by atoms with Crippen LogP contribution in [0.3, 0.4) is 0 Å². The molecule has 3 aliphatic rings. The van der Waals surface area contributed by atoms with Crippen molar-refractivity contribution in [2.24, 2.45) is 0 Å². The van der Waals surface area contributed by atoms with E-state index in [1.54, 1.807) is 6.20 Å². The number of amides is 1. The van der Waals surface area contributed by atoms with Crippen LogP contribution in [-0.4, -0.2) is 57.6 Å². The Morgan fingerprint density at radius 1 is 1.10 bits per heavy atom. The minimum Gasteiger partial charge on any atom is -0.368 e. The summed E-state index contributed by atoms with van der Waals surface area (Å²) in [4.78, 5) is 28.6. The highest BCUT2D eigenvalue weighted by Gasteiger charge is 2.38. The summed E-state index contributed by atoms with van der Waals surface area (Å²) in [5.74, 6) is 1.18. The molecule has 6 rings (SSSR count). The van der Waals surface area contributed by atoms with Crippen LogP contribution in [0.4, 0.5) is 17.5 Å². The van der Waals surface area contributed by atoms with Crippen LogP contribution in [0, 0.1) is 0 Å². The van der Waals surface area contributed by atoms with Crippen molar-refractivity contribution in [3.8, 4) is 0 Å². The third-order valence-electron chi connectivity index (χ3n) is 6.41. The summed E-state index contributed by atoms with van der Waals surface area (Å²) in [5.41, 5.74) is 2.61. The second kappa shape index (κ2) is 6.94. The fourth-order valence-corrected chi connectivity index (χ4v) is 4.92. The zero-order valence-corrected chi connectivity index (χ0v) is 16.6. The van der Waals surface area contributed by atoms with Crippen molar-refractivity contribution in [1.29, 1.82) is 0 Å². The van der Waals surface area contributed by atoms with Gasteiger partial charge in [-0.15, -0.1) is 0 Å². The molecule has 3 aromatic rings. The standard InChI is InChI=1S/C21H24N8O/c30-20-17-10-13-11-24-21(27-19(13)29(17)16-3-1-2-15(16)25-20)26-18-5-4-14(12-23-18)28-8-6-22-7-9-28/h4-5,10-12,15-16,22H,1-3,6-9H2,(H,25,30)(H,23,24,26,27)/t15-,16-/m0/s1. The number of carbonyl (C=O) groups is 1. The van der Waals surface area contributed by atoms with Crippen molar-refractivity contribution in [1.82, 2.24) is 30.2 Å². The lowest BCUT2D eigenvalue weighted by Gasteiger charge is -2.29. The van der Waals surface area contributed by atoms with Crippen LogP contribution in [0.15, 0.2) is 30.6 Å². The van der Waals surface area contributed by atoms with Crippen molar-refractivity contribution in [3.63, 3.8) is 0 Å². The Balaban J connectivity index is 1.29. The van der Waals surface area contributed by atoms with E-state index in [9.17, 15) is 4.79 Å². The van der Waals surface area contributed by atoms with Crippen LogP contribution in [-0.2, 0) is 0 Å². The third kappa shape index (κ3) is 2.88. The number of nitrogens with one attached hydrogen (secondary N) is 3. The van der Waals surface area contributed by atoms with Gasteiger partial charge in [0.1, 0.15) is 17.2 Å². The number of carbonyl (C=O) groups excluding carboxylic acids is 1. The maximum absolute atomic E-state index is 12.5. The van der Waals surface area contributed by atoms with E-state index in [2.05, 4.69) is 41.5 Å². The van der Waals surface area contributed by atoms with Crippen molar-refractivity contribution in [3.05, 3.63) is 36.3 Å². The molecule has 0 spiro atoms. The molecule has 9 heteroatoms. The van der Waals surface area contributed by atoms with Gasteiger partial charge in [0.15, 0.2) is 0 Å². The molecule has 1 saturated carbocycles. The quantitative estimate of drug-likeness (QED) is 0.612. The second-order valence-electron chi connectivity index (χ2n) is 8.21. The van der Waals surface area contributed by atoms with E-state index in [1.165, 1.54) is 0 Å². The maximum atomic E-state index is 12.5. The average Bonchev–Trinajstić information content (AvgIpc) is 3.39. The van der Waals surface area contributed by atoms with Crippen LogP contribution in [0.1, 0.15) is 35.8 Å². The molecule has 5 heterocycles. The van der Waals surface area contributed by atoms with Gasteiger partial charge < -0.3 is 25.4 Å². The van der Waals surface area contributed by atoms with Gasteiger partial charge in [0.2, 0.25) is 5.95 Å². The number of pyridine rings is 1. The van der Waals surface area contributed by atoms with Crippen LogP contribution in [0.5, 0.6) is 0 Å². The Morgan fingerprint density at radius 3 is 2.83 bits per heavy atom. The summed E-state index contributed by atoms with van der Waals surface area (Å²) in [7, 11) is 0. The minimum atomic E-state index is -0.0178. The monoisotopic (exact) mass is 404 g/mol. The van der Waals surface area contributed by atoms with E-state index < -0.39 is 0 Å². The van der Waals surface area contributed by atoms with Crippen molar-refractivity contribution in [2.75, 3.05) is 36.4 Å². The van der Waals surface area contributed by atoms with Gasteiger partial charge in [-0.3, -0.25) is 4.79 Å². The van der Waals surface area contributed by atoms with Gasteiger partial charge in [0.05, 0.1) is 24.0 Å². The molecule has 1 aliphatic carbocycles. The molecule has 0 unspecified atom stereocenters. The summed E-state index contributed by atoms with van der Waals surface area (Å²) < 4.78 is 2.11. The fraction of sp³-hybridized carbons (Fsp3) is 0.429. The van der Waals surface area contributed by atoms with Gasteiger partial charge in [0.25, 0.3) is 5.91 Å². The Kier molecular flexibility index (Phi) is 4.08. The fourth-order valence-electron chi connectivity index (χ4n) is 4.92. The number of hydrogen-bond donors (Lipinski definition) is 3. The summed E-state index contributed by atoms with van der Waals surface area (Å²) in [5, 5.41) is 10.6. The van der Waals surface area contributed by atoms with E-state index in [0.717, 1.165) is 62.2 Å². The van der Waals surface area contributed by atoms with Gasteiger partial charge in [-0.2, -0.15) is 4.98 Å². The maximum Gasteiger partial charge on any atom is 0.268 e. The SMILES string of the molecule is O=C1N[C@H]2CCC[C@@H]2n2c1cc1cnc(Nc3ccc(N4CCNCC4)cn3)nc12. The van der Waals surface area contributed by atoms with Crippen LogP contribution in [0.2, 0.25) is 0 Å². The number of anilines is 3. The van der Waals surface area contributed by atoms with Gasteiger partial charge in [-0.25, -0.2) is 9.97 Å². The molecule has 9 nitrogen and oxygen atoms in total. The molecule has 1 amide bonds. The van der Waals surface area contributed by atoms with Gasteiger partial charge in [0, 0.05) is 37.8 Å². The smallest absolute Gasteiger partial charge is 0.268 e. The number of nitrogens with zero attached hydrogens (tertiary/aromatic N) is 5. The number of rotatable bonds is 3. The minimum absolute atomic E-state index is 0.0178. The van der Waals surface area contributed by atoms with E-state index >= 15 is 0 Å². The van der Waals surface area contributed by atoms with E-state index in [-0.39, 0.29) is 18.0 Å². The highest BCUT2D eigenvalue weighted by atomic mass is 16.2. The van der Waals surface area contributed by atoms with Crippen LogP contribution >= 0.6 is 0 Å². The second-order valence-corrected chi connectivity index (χ2v) is 8.21. The molecule has 1 saturated heterocycles. The highest BCUT2D eigenvalue weighted by Crippen LogP contribution is 2.37. The number of aromatic nitrogens is 4. The summed E-state index contributed by atoms with van der Waals surface area (Å²) in [6.07, 6.45) is 6.87. The molecule has 3 aromatic heterocycles. The molecule has 154 valence electrons. The van der Waals surface area contributed by atoms with Gasteiger partial charge in [-0.05, 0) is 37.5 Å². The molecule has 30 heavy (non-hydrogen) atoms. The Morgan fingerprint density at radius 2 is 2.00 bits per heavy atom. The predicted octanol–water partition coefficient (Wildman–Crippen LogP) is 1.82. The molecular weight excluding hydrogens is 380 g/mol. The summed E-state index contributed by atoms with van der Waals surface area (Å²) in [6, 6.07) is 6.40. The first-order chi connectivity index (χ1) is 14.8. The highest BCUT2D eigenvalue weighted by molar-refractivity contribution is 5.99. The Labute approximate surface area is 173 Å². The predicted molar refractivity (Wildman–Crippen MR) is 114 cm³/mol. The van der Waals surface area contributed by atoms with E-state index in [4.69, 9.17) is 4.98 Å². The number of hydrogen-bond acceptors (Lipinski definition) is 7. The largest absolute Gasteiger partial charge is 0.368 e. The molecule has 2 atom stereocenters. The van der Waals surface area contributed by atoms with E-state index in [0.29, 0.717) is 17.5 Å². The zero-order valence-electron chi connectivity index (χ0n) is 16.6. The van der Waals surface area contributed by atoms with Gasteiger partial charge >= 0.3 is 0 Å². The lowest BCUT2D eigenvalue weighted by Crippen LogP contribution is -2.44. The van der Waals surface area contributed by atoms with Crippen molar-refractivity contribution in [2.45, 2.75) is 31.3 Å². The normalized spacial score (nSPS) is 23.2. The van der Waals surface area contributed by atoms with Crippen molar-refractivity contribution < 1.29 is 4.79 Å².